The third-order valence-electron chi connectivity index (χ3n) is 2.92. The van der Waals surface area contributed by atoms with Crippen molar-refractivity contribution in [2.45, 2.75) is 20.4 Å². The summed E-state index contributed by atoms with van der Waals surface area (Å²) in [4.78, 5) is 12.0. The second kappa shape index (κ2) is 4.04. The van der Waals surface area contributed by atoms with Crippen LogP contribution >= 0.6 is 11.6 Å². The number of nitrogens with two attached hydrogens (primary N) is 1. The molecule has 2 rings (SSSR count). The largest absolute Gasteiger partial charge is 0.385 e. The second-order valence-corrected chi connectivity index (χ2v) is 4.97. The molecule has 1 aliphatic heterocycles. The topological polar surface area (TPSA) is 58.7 Å². The Labute approximate surface area is 105 Å². The van der Waals surface area contributed by atoms with Crippen molar-refractivity contribution < 1.29 is 4.79 Å². The van der Waals surface area contributed by atoms with Gasteiger partial charge in [-0.3, -0.25) is 4.79 Å². The molecule has 5 heteroatoms. The minimum Gasteiger partial charge on any atom is -0.385 e. The number of nitrogens with zero attached hydrogens (tertiary/aromatic N) is 2. The first-order valence-electron chi connectivity index (χ1n) is 5.33. The van der Waals surface area contributed by atoms with E-state index < -0.39 is 5.41 Å². The molecule has 0 atom stereocenters. The number of halogens is 1. The Morgan fingerprint density at radius 3 is 2.59 bits per heavy atom. The number of carbonyl (C=O) groups is 1. The number of rotatable bonds is 2. The van der Waals surface area contributed by atoms with Gasteiger partial charge in [0.2, 0.25) is 0 Å². The van der Waals surface area contributed by atoms with Crippen LogP contribution in [0.5, 0.6) is 0 Å². The minimum absolute atomic E-state index is 0.102. The molecular weight excluding hydrogens is 238 g/mol. The molecule has 1 aromatic carbocycles. The predicted octanol–water partition coefficient (Wildman–Crippen LogP) is 1.98. The lowest BCUT2D eigenvalue weighted by Crippen LogP contribution is -2.37. The highest BCUT2D eigenvalue weighted by atomic mass is 35.5. The monoisotopic (exact) mass is 251 g/mol. The van der Waals surface area contributed by atoms with E-state index in [2.05, 4.69) is 5.10 Å². The molecule has 0 spiro atoms. The van der Waals surface area contributed by atoms with Gasteiger partial charge < -0.3 is 5.73 Å². The van der Waals surface area contributed by atoms with E-state index in [0.29, 0.717) is 17.4 Å². The molecule has 17 heavy (non-hydrogen) atoms. The molecule has 4 nitrogen and oxygen atoms in total. The maximum absolute atomic E-state index is 12.0. The number of hydrogen-bond donors (Lipinski definition) is 1. The smallest absolute Gasteiger partial charge is 0.256 e. The summed E-state index contributed by atoms with van der Waals surface area (Å²) in [5.41, 5.74) is 5.88. The van der Waals surface area contributed by atoms with E-state index in [1.165, 1.54) is 5.01 Å². The molecule has 0 unspecified atom stereocenters. The fourth-order valence-corrected chi connectivity index (χ4v) is 1.82. The van der Waals surface area contributed by atoms with Gasteiger partial charge in [-0.15, -0.1) is 0 Å². The number of carbonyl (C=O) groups excluding carboxylic acids is 1. The first-order chi connectivity index (χ1) is 7.93. The molecule has 0 aliphatic carbocycles. The van der Waals surface area contributed by atoms with Crippen molar-refractivity contribution in [2.75, 3.05) is 0 Å². The van der Waals surface area contributed by atoms with E-state index in [9.17, 15) is 4.79 Å². The standard InChI is InChI=1S/C12H14ClN3O/c1-12(2)10(14)15-16(11(12)17)7-8-5-3-4-6-9(8)13/h3-6H,7H2,1-2H3,(H2,14,15). The van der Waals surface area contributed by atoms with Crippen LogP contribution < -0.4 is 5.73 Å². The van der Waals surface area contributed by atoms with Crippen LogP contribution in [0.25, 0.3) is 0 Å². The van der Waals surface area contributed by atoms with E-state index in [4.69, 9.17) is 17.3 Å². The third kappa shape index (κ3) is 2.00. The van der Waals surface area contributed by atoms with Crippen molar-refractivity contribution >= 4 is 23.3 Å². The SMILES string of the molecule is CC1(C)C(=O)N(Cc2ccccc2Cl)N=C1N. The highest BCUT2D eigenvalue weighted by molar-refractivity contribution is 6.31. The Balaban J connectivity index is 2.23. The van der Waals surface area contributed by atoms with E-state index in [1.807, 2.05) is 18.2 Å². The zero-order chi connectivity index (χ0) is 12.6. The third-order valence-corrected chi connectivity index (χ3v) is 3.28. The average Bonchev–Trinajstić information content (AvgIpc) is 2.46. The van der Waals surface area contributed by atoms with Crippen molar-refractivity contribution in [3.05, 3.63) is 34.9 Å². The second-order valence-electron chi connectivity index (χ2n) is 4.56. The summed E-state index contributed by atoms with van der Waals surface area (Å²) in [7, 11) is 0. The normalized spacial score (nSPS) is 18.4. The maximum atomic E-state index is 12.0. The first kappa shape index (κ1) is 11.9. The van der Waals surface area contributed by atoms with Crippen LogP contribution in [0.1, 0.15) is 19.4 Å². The average molecular weight is 252 g/mol. The van der Waals surface area contributed by atoms with Crippen LogP contribution in [-0.2, 0) is 11.3 Å². The summed E-state index contributed by atoms with van der Waals surface area (Å²) >= 11 is 6.04. The number of amidine groups is 1. The van der Waals surface area contributed by atoms with Crippen molar-refractivity contribution in [1.82, 2.24) is 5.01 Å². The van der Waals surface area contributed by atoms with Gasteiger partial charge in [0.05, 0.1) is 6.54 Å². The lowest BCUT2D eigenvalue weighted by atomic mass is 9.92. The van der Waals surface area contributed by atoms with Crippen LogP contribution in [0.15, 0.2) is 29.4 Å². The van der Waals surface area contributed by atoms with Crippen LogP contribution in [0, 0.1) is 5.41 Å². The molecule has 1 heterocycles. The van der Waals surface area contributed by atoms with Crippen LogP contribution in [0.2, 0.25) is 5.02 Å². The lowest BCUT2D eigenvalue weighted by Gasteiger charge is -2.18. The number of hydrogen-bond acceptors (Lipinski definition) is 3. The Morgan fingerprint density at radius 2 is 2.06 bits per heavy atom. The van der Waals surface area contributed by atoms with Gasteiger partial charge in [0, 0.05) is 5.02 Å². The van der Waals surface area contributed by atoms with Crippen molar-refractivity contribution in [2.24, 2.45) is 16.3 Å². The first-order valence-corrected chi connectivity index (χ1v) is 5.70. The van der Waals surface area contributed by atoms with Gasteiger partial charge in [-0.1, -0.05) is 29.8 Å². The van der Waals surface area contributed by atoms with Crippen LogP contribution in [-0.4, -0.2) is 16.8 Å². The quantitative estimate of drug-likeness (QED) is 0.874. The zero-order valence-corrected chi connectivity index (χ0v) is 10.5. The highest BCUT2D eigenvalue weighted by Crippen LogP contribution is 2.28. The summed E-state index contributed by atoms with van der Waals surface area (Å²) in [5.74, 6) is 0.240. The van der Waals surface area contributed by atoms with Gasteiger partial charge in [-0.25, -0.2) is 5.01 Å². The fourth-order valence-electron chi connectivity index (χ4n) is 1.63. The molecule has 0 radical (unpaired) electrons. The molecule has 1 amide bonds. The van der Waals surface area contributed by atoms with Gasteiger partial charge >= 0.3 is 0 Å². The number of benzene rings is 1. The summed E-state index contributed by atoms with van der Waals surface area (Å²) in [6, 6.07) is 7.38. The summed E-state index contributed by atoms with van der Waals surface area (Å²) < 4.78 is 0. The van der Waals surface area contributed by atoms with E-state index in [-0.39, 0.29) is 5.91 Å². The zero-order valence-electron chi connectivity index (χ0n) is 9.77. The Kier molecular flexibility index (Phi) is 2.83. The molecule has 0 bridgehead atoms. The molecule has 0 fully saturated rings. The van der Waals surface area contributed by atoms with Crippen molar-refractivity contribution in [1.29, 1.82) is 0 Å². The predicted molar refractivity (Wildman–Crippen MR) is 67.4 cm³/mol. The van der Waals surface area contributed by atoms with Crippen molar-refractivity contribution in [3.8, 4) is 0 Å². The molecule has 0 saturated heterocycles. The van der Waals surface area contributed by atoms with Gasteiger partial charge in [0.25, 0.3) is 5.91 Å². The van der Waals surface area contributed by atoms with Gasteiger partial charge in [-0.2, -0.15) is 5.10 Å². The molecule has 90 valence electrons. The van der Waals surface area contributed by atoms with Gasteiger partial charge in [0.15, 0.2) is 0 Å². The molecule has 1 aromatic rings. The Hall–Kier alpha value is -1.55. The highest BCUT2D eigenvalue weighted by Gasteiger charge is 2.42. The fraction of sp³-hybridized carbons (Fsp3) is 0.333. The Morgan fingerprint density at radius 1 is 1.41 bits per heavy atom. The minimum atomic E-state index is -0.721. The van der Waals surface area contributed by atoms with E-state index >= 15 is 0 Å². The van der Waals surface area contributed by atoms with E-state index in [0.717, 1.165) is 5.56 Å². The van der Waals surface area contributed by atoms with E-state index in [1.54, 1.807) is 19.9 Å². The van der Waals surface area contributed by atoms with Crippen molar-refractivity contribution in [3.63, 3.8) is 0 Å². The maximum Gasteiger partial charge on any atom is 0.256 e. The number of hydrazone groups is 1. The summed E-state index contributed by atoms with van der Waals surface area (Å²) in [6.07, 6.45) is 0. The molecule has 1 aliphatic rings. The molecule has 2 N–H and O–H groups in total. The number of amides is 1. The lowest BCUT2D eigenvalue weighted by molar-refractivity contribution is -0.135. The molecule has 0 saturated carbocycles. The van der Waals surface area contributed by atoms with Crippen LogP contribution in [0.3, 0.4) is 0 Å². The van der Waals surface area contributed by atoms with Gasteiger partial charge in [0.1, 0.15) is 11.3 Å². The van der Waals surface area contributed by atoms with Crippen LogP contribution in [0.4, 0.5) is 0 Å². The molecule has 0 aromatic heterocycles. The summed E-state index contributed by atoms with van der Waals surface area (Å²) in [6.45, 7) is 3.88. The van der Waals surface area contributed by atoms with Gasteiger partial charge in [-0.05, 0) is 25.5 Å². The molecular formula is C12H14ClN3O. The Bertz CT molecular complexity index is 496. The summed E-state index contributed by atoms with van der Waals surface area (Å²) in [5, 5.41) is 6.07.